The van der Waals surface area contributed by atoms with Gasteiger partial charge in [0.05, 0.1) is 39.9 Å². The van der Waals surface area contributed by atoms with Gasteiger partial charge in [0, 0.05) is 6.42 Å². The van der Waals surface area contributed by atoms with Gasteiger partial charge in [-0.25, -0.2) is 0 Å². The number of carbonyl (C=O) groups excluding carboxylic acids is 1. The molecule has 0 aromatic heterocycles. The lowest BCUT2D eigenvalue weighted by atomic mass is 10.0. The van der Waals surface area contributed by atoms with Gasteiger partial charge in [-0.05, 0) is 12.8 Å². The maximum absolute atomic E-state index is 13.0. The highest BCUT2D eigenvalue weighted by molar-refractivity contribution is 7.45. The smallest absolute Gasteiger partial charge is 0.268 e. The number of quaternary nitrogens is 1. The molecule has 2 N–H and O–H groups in total. The molecule has 0 saturated heterocycles. The van der Waals surface area contributed by atoms with Crippen LogP contribution in [0.25, 0.3) is 0 Å². The molecule has 0 aromatic rings. The largest absolute Gasteiger partial charge is 0.756 e. The highest BCUT2D eigenvalue weighted by Gasteiger charge is 2.24. The third-order valence-corrected chi connectivity index (χ3v) is 14.8. The molecule has 396 valence electrons. The average molecular weight is 958 g/mol. The Kier molecular flexibility index (Phi) is 49.1. The van der Waals surface area contributed by atoms with Crippen molar-refractivity contribution in [1.29, 1.82) is 0 Å². The van der Waals surface area contributed by atoms with Crippen molar-refractivity contribution in [2.45, 2.75) is 321 Å². The van der Waals surface area contributed by atoms with E-state index in [0.717, 1.165) is 38.5 Å². The maximum Gasteiger partial charge on any atom is 0.268 e. The van der Waals surface area contributed by atoms with Gasteiger partial charge in [0.2, 0.25) is 5.91 Å². The summed E-state index contributed by atoms with van der Waals surface area (Å²) in [6.07, 6.45) is 58.5. The van der Waals surface area contributed by atoms with Crippen LogP contribution in [0.4, 0.5) is 0 Å². The summed E-state index contributed by atoms with van der Waals surface area (Å²) in [4.78, 5) is 25.5. The van der Waals surface area contributed by atoms with Crippen molar-refractivity contribution in [3.63, 3.8) is 0 Å². The van der Waals surface area contributed by atoms with Gasteiger partial charge in [0.1, 0.15) is 13.2 Å². The summed E-state index contributed by atoms with van der Waals surface area (Å²) in [7, 11) is 1.33. The fourth-order valence-electron chi connectivity index (χ4n) is 9.22. The van der Waals surface area contributed by atoms with Gasteiger partial charge in [-0.3, -0.25) is 9.36 Å². The second-order valence-corrected chi connectivity index (χ2v) is 23.1. The summed E-state index contributed by atoms with van der Waals surface area (Å²) in [6.45, 7) is 4.78. The molecule has 0 aliphatic carbocycles. The number of nitrogens with one attached hydrogen (secondary N) is 1. The summed E-state index contributed by atoms with van der Waals surface area (Å²) in [5, 5.41) is 14.0. The van der Waals surface area contributed by atoms with Gasteiger partial charge >= 0.3 is 0 Å². The van der Waals surface area contributed by atoms with E-state index in [1.54, 1.807) is 0 Å². The number of hydrogen-bond acceptors (Lipinski definition) is 6. The number of hydrogen-bond donors (Lipinski definition) is 2. The summed E-state index contributed by atoms with van der Waals surface area (Å²) < 4.78 is 23.4. The van der Waals surface area contributed by atoms with E-state index in [1.807, 2.05) is 21.1 Å². The minimum atomic E-state index is -4.57. The van der Waals surface area contributed by atoms with E-state index in [9.17, 15) is 19.4 Å². The van der Waals surface area contributed by atoms with Crippen molar-refractivity contribution in [1.82, 2.24) is 5.32 Å². The number of likely N-dealkylation sites (N-methyl/N-ethyl adjacent to an activating group) is 1. The van der Waals surface area contributed by atoms with Crippen molar-refractivity contribution in [2.75, 3.05) is 40.9 Å². The van der Waals surface area contributed by atoms with Crippen LogP contribution in [0.5, 0.6) is 0 Å². The average Bonchev–Trinajstić information content (AvgIpc) is 3.28. The molecule has 0 aliphatic rings. The van der Waals surface area contributed by atoms with E-state index in [4.69, 9.17) is 9.05 Å². The Morgan fingerprint density at radius 2 is 0.742 bits per heavy atom. The number of phosphoric acid groups is 1. The van der Waals surface area contributed by atoms with Crippen LogP contribution in [0.1, 0.15) is 309 Å². The normalized spacial score (nSPS) is 13.9. The van der Waals surface area contributed by atoms with Crippen molar-refractivity contribution in [3.8, 4) is 0 Å². The number of rotatable bonds is 55. The summed E-state index contributed by atoms with van der Waals surface area (Å²) in [5.41, 5.74) is 0. The molecule has 0 saturated carbocycles. The lowest BCUT2D eigenvalue weighted by Gasteiger charge is -2.30. The first-order valence-corrected chi connectivity index (χ1v) is 30.8. The third-order valence-electron chi connectivity index (χ3n) is 13.8. The van der Waals surface area contributed by atoms with Crippen LogP contribution in [0.2, 0.25) is 0 Å². The topological polar surface area (TPSA) is 108 Å². The Hall–Kier alpha value is -0.500. The molecule has 0 heterocycles. The summed E-state index contributed by atoms with van der Waals surface area (Å²) >= 11 is 0. The first-order chi connectivity index (χ1) is 32.0. The van der Waals surface area contributed by atoms with Gasteiger partial charge < -0.3 is 28.8 Å². The van der Waals surface area contributed by atoms with Gasteiger partial charge in [0.15, 0.2) is 0 Å². The lowest BCUT2D eigenvalue weighted by Crippen LogP contribution is -2.46. The van der Waals surface area contributed by atoms with Crippen molar-refractivity contribution in [3.05, 3.63) is 0 Å². The molecular weight excluding hydrogens is 840 g/mol. The molecule has 0 fully saturated rings. The molecule has 66 heavy (non-hydrogen) atoms. The molecular formula is C57H117N2O6P. The Morgan fingerprint density at radius 3 is 1.03 bits per heavy atom. The van der Waals surface area contributed by atoms with Crippen LogP contribution in [0.15, 0.2) is 0 Å². The van der Waals surface area contributed by atoms with Crippen LogP contribution in [-0.4, -0.2) is 68.5 Å². The molecule has 0 bridgehead atoms. The first kappa shape index (κ1) is 65.5. The predicted octanol–water partition coefficient (Wildman–Crippen LogP) is 17.0. The van der Waals surface area contributed by atoms with Gasteiger partial charge in [-0.15, -0.1) is 0 Å². The maximum atomic E-state index is 13.0. The van der Waals surface area contributed by atoms with Gasteiger partial charge in [0.25, 0.3) is 7.82 Å². The van der Waals surface area contributed by atoms with Crippen molar-refractivity contribution < 1.29 is 32.9 Å². The fraction of sp³-hybridized carbons (Fsp3) is 0.982. The SMILES string of the molecule is CCCCCCCCCCCCCCCCCCCCCCCCCCC(=O)NC(COP(=O)([O-])OCC[N+](C)(C)C)C(O)CCCCCCCCCCCCCCCCCCCCCC. The van der Waals surface area contributed by atoms with Crippen LogP contribution in [0.3, 0.4) is 0 Å². The molecule has 0 aromatic carbocycles. The summed E-state index contributed by atoms with van der Waals surface area (Å²) in [6, 6.07) is -0.795. The molecule has 0 aliphatic heterocycles. The molecule has 0 radical (unpaired) electrons. The molecule has 0 rings (SSSR count). The number of unbranched alkanes of at least 4 members (excludes halogenated alkanes) is 42. The first-order valence-electron chi connectivity index (χ1n) is 29.4. The molecule has 8 nitrogen and oxygen atoms in total. The van der Waals surface area contributed by atoms with E-state index in [0.29, 0.717) is 23.9 Å². The van der Waals surface area contributed by atoms with E-state index < -0.39 is 20.0 Å². The highest BCUT2D eigenvalue weighted by atomic mass is 31.2. The van der Waals surface area contributed by atoms with E-state index >= 15 is 0 Å². The zero-order valence-corrected chi connectivity index (χ0v) is 46.1. The monoisotopic (exact) mass is 957 g/mol. The molecule has 0 spiro atoms. The molecule has 9 heteroatoms. The Bertz CT molecular complexity index is 1040. The van der Waals surface area contributed by atoms with Crippen LogP contribution in [0, 0.1) is 0 Å². The quantitative estimate of drug-likeness (QED) is 0.0357. The zero-order valence-electron chi connectivity index (χ0n) is 45.2. The van der Waals surface area contributed by atoms with Crippen molar-refractivity contribution >= 4 is 13.7 Å². The fourth-order valence-corrected chi connectivity index (χ4v) is 9.94. The predicted molar refractivity (Wildman–Crippen MR) is 284 cm³/mol. The third kappa shape index (κ3) is 51.4. The Morgan fingerprint density at radius 1 is 0.470 bits per heavy atom. The number of nitrogens with zero attached hydrogens (tertiary/aromatic N) is 1. The Balaban J connectivity index is 4.11. The highest BCUT2D eigenvalue weighted by Crippen LogP contribution is 2.38. The standard InChI is InChI=1S/C57H117N2O6P/c1-6-8-10-12-14-16-18-20-22-24-26-28-29-30-31-33-35-37-39-41-43-45-47-49-51-57(61)58-55(54-65-66(62,63)64-53-52-59(3,4)5)56(60)50-48-46-44-42-40-38-36-34-32-27-25-23-21-19-17-15-13-11-9-7-2/h55-56,60H,6-54H2,1-5H3,(H-,58,61,62,63). The minimum absolute atomic E-state index is 0.0167. The molecule has 3 atom stereocenters. The minimum Gasteiger partial charge on any atom is -0.756 e. The van der Waals surface area contributed by atoms with Crippen LogP contribution in [-0.2, 0) is 18.4 Å². The van der Waals surface area contributed by atoms with Gasteiger partial charge in [-0.1, -0.05) is 290 Å². The number of amides is 1. The number of aliphatic hydroxyl groups is 1. The zero-order chi connectivity index (χ0) is 48.5. The van der Waals surface area contributed by atoms with Crippen LogP contribution >= 0.6 is 7.82 Å². The number of phosphoric ester groups is 1. The molecule has 3 unspecified atom stereocenters. The Labute approximate surface area is 412 Å². The van der Waals surface area contributed by atoms with Gasteiger partial charge in [-0.2, -0.15) is 0 Å². The molecule has 1 amide bonds. The van der Waals surface area contributed by atoms with Crippen molar-refractivity contribution in [2.24, 2.45) is 0 Å². The van der Waals surface area contributed by atoms with Crippen LogP contribution < -0.4 is 10.2 Å². The number of carbonyl (C=O) groups is 1. The van der Waals surface area contributed by atoms with E-state index in [2.05, 4.69) is 19.2 Å². The number of aliphatic hydroxyl groups excluding tert-OH is 1. The lowest BCUT2D eigenvalue weighted by molar-refractivity contribution is -0.870. The second kappa shape index (κ2) is 49.5. The van der Waals surface area contributed by atoms with E-state index in [1.165, 1.54) is 244 Å². The van der Waals surface area contributed by atoms with E-state index in [-0.39, 0.29) is 19.1 Å². The second-order valence-electron chi connectivity index (χ2n) is 21.7. The summed E-state index contributed by atoms with van der Waals surface area (Å²) in [5.74, 6) is -0.156.